The number of imidazole rings is 1. The number of hydrogen-bond acceptors (Lipinski definition) is 9. The zero-order valence-electron chi connectivity index (χ0n) is 23.8. The van der Waals surface area contributed by atoms with E-state index in [2.05, 4.69) is 26.6 Å². The van der Waals surface area contributed by atoms with Gasteiger partial charge in [0.15, 0.2) is 17.0 Å². The second-order valence-corrected chi connectivity index (χ2v) is 11.0. The second kappa shape index (κ2) is 12.0. The molecule has 0 aromatic carbocycles. The summed E-state index contributed by atoms with van der Waals surface area (Å²) >= 11 is 0. The van der Waals surface area contributed by atoms with E-state index < -0.39 is 36.4 Å². The van der Waals surface area contributed by atoms with E-state index >= 15 is 0 Å². The molecule has 4 rings (SSSR count). The van der Waals surface area contributed by atoms with Crippen LogP contribution in [0.3, 0.4) is 0 Å². The number of amides is 1. The van der Waals surface area contributed by atoms with Crippen LogP contribution in [0, 0.1) is 0 Å². The van der Waals surface area contributed by atoms with Gasteiger partial charge in [-0.2, -0.15) is 23.1 Å². The highest BCUT2D eigenvalue weighted by Crippen LogP contribution is 2.38. The van der Waals surface area contributed by atoms with Gasteiger partial charge >= 0.3 is 12.1 Å². The Morgan fingerprint density at radius 2 is 1.80 bits per heavy atom. The zero-order chi connectivity index (χ0) is 29.4. The number of likely N-dealkylation sites (N-methyl/N-ethyl adjacent to an activating group) is 1. The predicted molar refractivity (Wildman–Crippen MR) is 145 cm³/mol. The van der Waals surface area contributed by atoms with E-state index in [-0.39, 0.29) is 19.4 Å². The Balaban J connectivity index is 1.76. The van der Waals surface area contributed by atoms with Crippen molar-refractivity contribution in [2.75, 3.05) is 56.6 Å². The normalized spacial score (nSPS) is 25.4. The van der Waals surface area contributed by atoms with Crippen molar-refractivity contribution in [2.45, 2.75) is 83.0 Å². The van der Waals surface area contributed by atoms with Gasteiger partial charge in [0.2, 0.25) is 5.95 Å². The van der Waals surface area contributed by atoms with Crippen molar-refractivity contribution in [1.29, 1.82) is 0 Å². The van der Waals surface area contributed by atoms with Gasteiger partial charge in [-0.25, -0.2) is 4.98 Å². The monoisotopic (exact) mass is 570 g/mol. The Morgan fingerprint density at radius 3 is 2.38 bits per heavy atom. The molecule has 40 heavy (non-hydrogen) atoms. The van der Waals surface area contributed by atoms with Gasteiger partial charge in [-0.1, -0.05) is 13.8 Å². The van der Waals surface area contributed by atoms with Crippen LogP contribution < -0.4 is 9.80 Å². The van der Waals surface area contributed by atoms with Crippen LogP contribution >= 0.6 is 0 Å². The summed E-state index contributed by atoms with van der Waals surface area (Å²) in [6.07, 6.45) is -4.54. The Bertz CT molecular complexity index is 1180. The number of nitrogens with zero attached hydrogens (tertiary/aromatic N) is 8. The third kappa shape index (κ3) is 5.70. The Labute approximate surface area is 232 Å². The van der Waals surface area contributed by atoms with Crippen molar-refractivity contribution in [2.24, 2.45) is 0 Å². The third-order valence-corrected chi connectivity index (χ3v) is 8.09. The van der Waals surface area contributed by atoms with Gasteiger partial charge in [-0.3, -0.25) is 4.79 Å². The highest BCUT2D eigenvalue weighted by atomic mass is 19.4. The third-order valence-electron chi connectivity index (χ3n) is 8.09. The van der Waals surface area contributed by atoms with Gasteiger partial charge < -0.3 is 34.4 Å². The fourth-order valence-corrected chi connectivity index (χ4v) is 5.92. The van der Waals surface area contributed by atoms with Crippen LogP contribution in [0.2, 0.25) is 0 Å². The van der Waals surface area contributed by atoms with E-state index in [1.54, 1.807) is 11.5 Å². The van der Waals surface area contributed by atoms with E-state index in [9.17, 15) is 28.2 Å². The second-order valence-electron chi connectivity index (χ2n) is 11.0. The summed E-state index contributed by atoms with van der Waals surface area (Å²) in [5, 5.41) is 21.9. The first-order valence-corrected chi connectivity index (χ1v) is 14.1. The fourth-order valence-electron chi connectivity index (χ4n) is 5.92. The molecule has 224 valence electrons. The van der Waals surface area contributed by atoms with Gasteiger partial charge in [-0.05, 0) is 46.7 Å². The molecule has 2 aromatic heterocycles. The Morgan fingerprint density at radius 1 is 1.10 bits per heavy atom. The Kier molecular flexibility index (Phi) is 9.10. The molecule has 0 spiro atoms. The molecular formula is C26H41F3N8O3. The summed E-state index contributed by atoms with van der Waals surface area (Å²) < 4.78 is 41.8. The number of aromatic nitrogens is 4. The molecule has 2 fully saturated rings. The lowest BCUT2D eigenvalue weighted by Gasteiger charge is -2.31. The first-order chi connectivity index (χ1) is 18.9. The average Bonchev–Trinajstić information content (AvgIpc) is 3.63. The lowest BCUT2D eigenvalue weighted by atomic mass is 10.1. The molecule has 1 saturated carbocycles. The summed E-state index contributed by atoms with van der Waals surface area (Å²) in [4.78, 5) is 33.6. The zero-order valence-corrected chi connectivity index (χ0v) is 23.8. The van der Waals surface area contributed by atoms with Gasteiger partial charge in [0.1, 0.15) is 12.2 Å². The maximum Gasteiger partial charge on any atom is 0.471 e. The van der Waals surface area contributed by atoms with E-state index in [0.717, 1.165) is 32.5 Å². The number of halogens is 3. The highest BCUT2D eigenvalue weighted by molar-refractivity contribution is 5.85. The number of rotatable bonds is 10. The van der Waals surface area contributed by atoms with E-state index in [0.29, 0.717) is 40.4 Å². The molecule has 3 heterocycles. The van der Waals surface area contributed by atoms with Gasteiger partial charge in [0.25, 0.3) is 0 Å². The summed E-state index contributed by atoms with van der Waals surface area (Å²) in [6, 6.07) is -1.71. The first-order valence-electron chi connectivity index (χ1n) is 14.1. The molecular weight excluding hydrogens is 529 g/mol. The smallest absolute Gasteiger partial charge is 0.388 e. The van der Waals surface area contributed by atoms with Crippen molar-refractivity contribution in [3.8, 4) is 0 Å². The quantitative estimate of drug-likeness (QED) is 0.443. The number of alkyl halides is 3. The van der Waals surface area contributed by atoms with Crippen LogP contribution in [0.25, 0.3) is 11.2 Å². The maximum absolute atomic E-state index is 13.4. The predicted octanol–water partition coefficient (Wildman–Crippen LogP) is 2.04. The van der Waals surface area contributed by atoms with E-state index in [4.69, 9.17) is 9.97 Å². The fraction of sp³-hybridized carbons (Fsp3) is 0.769. The molecule has 0 unspecified atom stereocenters. The lowest BCUT2D eigenvalue weighted by molar-refractivity contribution is -0.190. The standard InChI is InChI=1S/C26H41F3N8O3/c1-6-10-34(8-3)22-19-23(32-25(31-22)35-12-9-16(14-35)33(4)5)37(15-30-19)18-13-17(20(38)21(18)39)36(11-7-2)24(40)26(27,28)29/h15-18,20-21,38-39H,6-14H2,1-5H3/t16-,17+,18-,20-,21+/m1/s1. The summed E-state index contributed by atoms with van der Waals surface area (Å²) in [5.41, 5.74) is 0.952. The molecule has 1 amide bonds. The van der Waals surface area contributed by atoms with Crippen LogP contribution in [-0.4, -0.2) is 123 Å². The van der Waals surface area contributed by atoms with Crippen LogP contribution in [-0.2, 0) is 4.79 Å². The van der Waals surface area contributed by atoms with Gasteiger partial charge in [-0.15, -0.1) is 0 Å². The summed E-state index contributed by atoms with van der Waals surface area (Å²) in [7, 11) is 4.07. The molecule has 0 bridgehead atoms. The largest absolute Gasteiger partial charge is 0.471 e. The van der Waals surface area contributed by atoms with E-state index in [1.165, 1.54) is 6.33 Å². The average molecular weight is 571 g/mol. The van der Waals surface area contributed by atoms with Crippen LogP contribution in [0.4, 0.5) is 24.9 Å². The van der Waals surface area contributed by atoms with Crippen molar-refractivity contribution in [3.05, 3.63) is 6.33 Å². The highest BCUT2D eigenvalue weighted by Gasteiger charge is 2.51. The molecule has 2 aliphatic rings. The number of aliphatic hydroxyl groups is 2. The van der Waals surface area contributed by atoms with Crippen molar-refractivity contribution < 1.29 is 28.2 Å². The molecule has 14 heteroatoms. The summed E-state index contributed by atoms with van der Waals surface area (Å²) in [5.74, 6) is -0.843. The number of fused-ring (bicyclic) bond motifs is 1. The minimum atomic E-state index is -5.08. The van der Waals surface area contributed by atoms with Crippen molar-refractivity contribution in [1.82, 2.24) is 29.3 Å². The van der Waals surface area contributed by atoms with Gasteiger partial charge in [0.05, 0.1) is 18.4 Å². The minimum Gasteiger partial charge on any atom is -0.388 e. The first kappa shape index (κ1) is 30.3. The number of anilines is 2. The lowest BCUT2D eigenvalue weighted by Crippen LogP contribution is -2.51. The summed E-state index contributed by atoms with van der Waals surface area (Å²) in [6.45, 7) is 8.50. The topological polar surface area (TPSA) is 114 Å². The Hall–Kier alpha value is -2.71. The van der Waals surface area contributed by atoms with Crippen LogP contribution in [0.15, 0.2) is 6.33 Å². The maximum atomic E-state index is 13.4. The molecule has 11 nitrogen and oxygen atoms in total. The molecule has 1 saturated heterocycles. The number of carbonyl (C=O) groups excluding carboxylic acids is 1. The molecule has 0 radical (unpaired) electrons. The van der Waals surface area contributed by atoms with E-state index in [1.807, 2.05) is 21.0 Å². The minimum absolute atomic E-state index is 0.0802. The number of carbonyl (C=O) groups is 1. The molecule has 1 aliphatic heterocycles. The SMILES string of the molecule is CCCN(CC)c1nc(N2CC[C@@H](N(C)C)C2)nc2c1ncn2[C@@H]1C[C@H](N(CCC)C(=O)C(F)(F)F)[C@@H](O)[C@H]1O. The van der Waals surface area contributed by atoms with Crippen molar-refractivity contribution in [3.63, 3.8) is 0 Å². The molecule has 1 aliphatic carbocycles. The van der Waals surface area contributed by atoms with Gasteiger partial charge in [0, 0.05) is 38.8 Å². The number of hydrogen-bond donors (Lipinski definition) is 2. The van der Waals surface area contributed by atoms with Crippen LogP contribution in [0.5, 0.6) is 0 Å². The van der Waals surface area contributed by atoms with Crippen molar-refractivity contribution >= 4 is 28.8 Å². The molecule has 5 atom stereocenters. The molecule has 2 N–H and O–H groups in total. The number of aliphatic hydroxyl groups excluding tert-OH is 2. The molecule has 2 aromatic rings. The van der Waals surface area contributed by atoms with Crippen LogP contribution in [0.1, 0.15) is 52.5 Å².